The van der Waals surface area contributed by atoms with Crippen LogP contribution in [-0.2, 0) is 4.74 Å². The first-order valence-corrected chi connectivity index (χ1v) is 5.38. The summed E-state index contributed by atoms with van der Waals surface area (Å²) in [5, 5.41) is 3.16. The van der Waals surface area contributed by atoms with Crippen LogP contribution < -0.4 is 5.32 Å². The van der Waals surface area contributed by atoms with Crippen LogP contribution in [0.25, 0.3) is 11.1 Å². The predicted molar refractivity (Wildman–Crippen MR) is 63.5 cm³/mol. The largest absolute Gasteiger partial charge is 0.424 e. The normalized spacial score (nSPS) is 12.9. The van der Waals surface area contributed by atoms with E-state index in [9.17, 15) is 0 Å². The van der Waals surface area contributed by atoms with Gasteiger partial charge in [-0.1, -0.05) is 19.1 Å². The molecule has 4 heteroatoms. The van der Waals surface area contributed by atoms with Crippen LogP contribution in [0.3, 0.4) is 0 Å². The minimum absolute atomic E-state index is 0.431. The first kappa shape index (κ1) is 11.0. The van der Waals surface area contributed by atoms with Gasteiger partial charge in [0.25, 0.3) is 6.01 Å². The van der Waals surface area contributed by atoms with Gasteiger partial charge in [-0.05, 0) is 18.1 Å². The van der Waals surface area contributed by atoms with E-state index >= 15 is 0 Å². The Balaban J connectivity index is 1.99. The van der Waals surface area contributed by atoms with Crippen molar-refractivity contribution < 1.29 is 9.15 Å². The molecule has 16 heavy (non-hydrogen) atoms. The summed E-state index contributed by atoms with van der Waals surface area (Å²) in [4.78, 5) is 4.33. The molecule has 1 N–H and O–H groups in total. The average Bonchev–Trinajstić information content (AvgIpc) is 2.69. The zero-order valence-corrected chi connectivity index (χ0v) is 9.56. The lowest BCUT2D eigenvalue weighted by molar-refractivity contribution is 0.164. The molecule has 0 aliphatic carbocycles. The molecule has 0 unspecified atom stereocenters. The van der Waals surface area contributed by atoms with Gasteiger partial charge in [0.1, 0.15) is 5.52 Å². The summed E-state index contributed by atoms with van der Waals surface area (Å²) in [6.07, 6.45) is 0. The smallest absolute Gasteiger partial charge is 0.295 e. The van der Waals surface area contributed by atoms with Crippen LogP contribution in [0.2, 0.25) is 0 Å². The van der Waals surface area contributed by atoms with Crippen molar-refractivity contribution in [3.05, 3.63) is 24.3 Å². The number of nitrogens with one attached hydrogen (secondary N) is 1. The molecule has 0 aliphatic heterocycles. The minimum atomic E-state index is 0.431. The van der Waals surface area contributed by atoms with Crippen LogP contribution in [0.5, 0.6) is 0 Å². The summed E-state index contributed by atoms with van der Waals surface area (Å²) >= 11 is 0. The monoisotopic (exact) mass is 220 g/mol. The lowest BCUT2D eigenvalue weighted by Crippen LogP contribution is -2.15. The molecule has 0 saturated heterocycles. The van der Waals surface area contributed by atoms with E-state index in [1.807, 2.05) is 24.3 Å². The van der Waals surface area contributed by atoms with Gasteiger partial charge in [0, 0.05) is 13.7 Å². The second-order valence-electron chi connectivity index (χ2n) is 3.93. The van der Waals surface area contributed by atoms with Crippen molar-refractivity contribution >= 4 is 17.1 Å². The number of hydrogen-bond acceptors (Lipinski definition) is 4. The Hall–Kier alpha value is -1.55. The van der Waals surface area contributed by atoms with Crippen molar-refractivity contribution in [2.24, 2.45) is 5.92 Å². The molecule has 2 aromatic rings. The van der Waals surface area contributed by atoms with Gasteiger partial charge in [-0.15, -0.1) is 0 Å². The highest BCUT2D eigenvalue weighted by molar-refractivity contribution is 5.74. The van der Waals surface area contributed by atoms with Crippen LogP contribution in [0, 0.1) is 5.92 Å². The summed E-state index contributed by atoms with van der Waals surface area (Å²) in [6, 6.07) is 8.30. The molecular weight excluding hydrogens is 204 g/mol. The van der Waals surface area contributed by atoms with Gasteiger partial charge in [0.15, 0.2) is 5.58 Å². The van der Waals surface area contributed by atoms with Gasteiger partial charge in [-0.2, -0.15) is 4.98 Å². The van der Waals surface area contributed by atoms with Crippen LogP contribution in [0.4, 0.5) is 6.01 Å². The maximum Gasteiger partial charge on any atom is 0.295 e. The zero-order chi connectivity index (χ0) is 11.4. The van der Waals surface area contributed by atoms with Crippen LogP contribution >= 0.6 is 0 Å². The molecule has 0 bridgehead atoms. The van der Waals surface area contributed by atoms with Crippen LogP contribution in [0.1, 0.15) is 6.92 Å². The molecule has 0 fully saturated rings. The van der Waals surface area contributed by atoms with E-state index < -0.39 is 0 Å². The molecular formula is C12H16N2O2. The number of aromatic nitrogens is 1. The number of fused-ring (bicyclic) bond motifs is 1. The Morgan fingerprint density at radius 2 is 2.25 bits per heavy atom. The number of methoxy groups -OCH3 is 1. The maximum absolute atomic E-state index is 5.53. The van der Waals surface area contributed by atoms with Gasteiger partial charge in [-0.25, -0.2) is 0 Å². The molecule has 1 atom stereocenters. The second kappa shape index (κ2) is 4.99. The molecule has 0 spiro atoms. The Morgan fingerprint density at radius 1 is 1.44 bits per heavy atom. The fraction of sp³-hybridized carbons (Fsp3) is 0.417. The third-order valence-corrected chi connectivity index (χ3v) is 2.35. The zero-order valence-electron chi connectivity index (χ0n) is 9.56. The first-order valence-electron chi connectivity index (χ1n) is 5.38. The van der Waals surface area contributed by atoms with Crippen molar-refractivity contribution in [3.63, 3.8) is 0 Å². The molecule has 1 aromatic carbocycles. The number of benzene rings is 1. The lowest BCUT2D eigenvalue weighted by atomic mass is 10.2. The summed E-state index contributed by atoms with van der Waals surface area (Å²) in [5.74, 6) is 0.431. The molecule has 86 valence electrons. The molecule has 4 nitrogen and oxygen atoms in total. The Bertz CT molecular complexity index is 420. The summed E-state index contributed by atoms with van der Waals surface area (Å²) in [5.41, 5.74) is 1.69. The minimum Gasteiger partial charge on any atom is -0.424 e. The van der Waals surface area contributed by atoms with Gasteiger partial charge in [-0.3, -0.25) is 0 Å². The summed E-state index contributed by atoms with van der Waals surface area (Å²) in [6.45, 7) is 3.63. The van der Waals surface area contributed by atoms with Gasteiger partial charge >= 0.3 is 0 Å². The van der Waals surface area contributed by atoms with Gasteiger partial charge < -0.3 is 14.5 Å². The van der Waals surface area contributed by atoms with E-state index in [0.29, 0.717) is 11.9 Å². The van der Waals surface area contributed by atoms with Crippen molar-refractivity contribution in [1.82, 2.24) is 4.98 Å². The first-order chi connectivity index (χ1) is 7.79. The third-order valence-electron chi connectivity index (χ3n) is 2.35. The molecule has 0 saturated carbocycles. The fourth-order valence-electron chi connectivity index (χ4n) is 1.55. The van der Waals surface area contributed by atoms with Crippen LogP contribution in [-0.4, -0.2) is 25.2 Å². The highest BCUT2D eigenvalue weighted by atomic mass is 16.5. The van der Waals surface area contributed by atoms with E-state index in [2.05, 4.69) is 17.2 Å². The second-order valence-corrected chi connectivity index (χ2v) is 3.93. The fourth-order valence-corrected chi connectivity index (χ4v) is 1.55. The molecule has 1 heterocycles. The highest BCUT2D eigenvalue weighted by Crippen LogP contribution is 2.18. The highest BCUT2D eigenvalue weighted by Gasteiger charge is 2.06. The third kappa shape index (κ3) is 2.52. The number of nitrogens with zero attached hydrogens (tertiary/aromatic N) is 1. The van der Waals surface area contributed by atoms with E-state index in [4.69, 9.17) is 9.15 Å². The number of para-hydroxylation sites is 2. The molecule has 0 radical (unpaired) electrons. The molecule has 2 rings (SSSR count). The number of rotatable bonds is 5. The van der Waals surface area contributed by atoms with E-state index in [-0.39, 0.29) is 0 Å². The summed E-state index contributed by atoms with van der Waals surface area (Å²) < 4.78 is 10.6. The van der Waals surface area contributed by atoms with E-state index in [0.717, 1.165) is 24.3 Å². The van der Waals surface area contributed by atoms with Gasteiger partial charge in [0.05, 0.1) is 6.61 Å². The van der Waals surface area contributed by atoms with Gasteiger partial charge in [0.2, 0.25) is 0 Å². The number of anilines is 1. The topological polar surface area (TPSA) is 47.3 Å². The molecule has 1 aromatic heterocycles. The lowest BCUT2D eigenvalue weighted by Gasteiger charge is -2.09. The molecule has 0 aliphatic rings. The number of ether oxygens (including phenoxy) is 1. The number of hydrogen-bond donors (Lipinski definition) is 1. The van der Waals surface area contributed by atoms with E-state index in [1.54, 1.807) is 7.11 Å². The van der Waals surface area contributed by atoms with Crippen molar-refractivity contribution in [2.75, 3.05) is 25.6 Å². The van der Waals surface area contributed by atoms with Crippen molar-refractivity contribution in [2.45, 2.75) is 6.92 Å². The predicted octanol–water partition coefficient (Wildman–Crippen LogP) is 2.52. The van der Waals surface area contributed by atoms with E-state index in [1.165, 1.54) is 0 Å². The van der Waals surface area contributed by atoms with Crippen molar-refractivity contribution in [1.29, 1.82) is 0 Å². The summed E-state index contributed by atoms with van der Waals surface area (Å²) in [7, 11) is 1.70. The SMILES string of the molecule is COC[C@H](C)CNc1nc2ccccc2o1. The Labute approximate surface area is 94.6 Å². The Morgan fingerprint density at radius 3 is 3.00 bits per heavy atom. The standard InChI is InChI=1S/C12H16N2O2/c1-9(8-15-2)7-13-12-14-10-5-3-4-6-11(10)16-12/h3-6,9H,7-8H2,1-2H3,(H,13,14)/t9-/m1/s1. The Kier molecular flexibility index (Phi) is 3.41. The molecule has 0 amide bonds. The van der Waals surface area contributed by atoms with Crippen LogP contribution in [0.15, 0.2) is 28.7 Å². The maximum atomic E-state index is 5.53. The van der Waals surface area contributed by atoms with Crippen molar-refractivity contribution in [3.8, 4) is 0 Å². The average molecular weight is 220 g/mol. The quantitative estimate of drug-likeness (QED) is 0.841. The number of oxazole rings is 1.